The zero-order valence-electron chi connectivity index (χ0n) is 18.0. The number of anilines is 2. The number of ether oxygens (including phenoxy) is 1. The first-order valence-corrected chi connectivity index (χ1v) is 11.7. The standard InChI is InChI=1S/C24H24N4O3S/c1-15-5-3-4-6-21(15)27-12-16(11-22(27)29)24(30)25-23-19-13-32-14-20(19)26-28(23)17-7-9-18(31-2)10-8-17/h3-10,16H,11-14H2,1-2H3,(H,25,30). The van der Waals surface area contributed by atoms with Crippen molar-refractivity contribution in [2.24, 2.45) is 5.92 Å². The van der Waals surface area contributed by atoms with Crippen molar-refractivity contribution in [1.82, 2.24) is 9.78 Å². The maximum Gasteiger partial charge on any atom is 0.230 e. The summed E-state index contributed by atoms with van der Waals surface area (Å²) >= 11 is 1.78. The van der Waals surface area contributed by atoms with Gasteiger partial charge in [0.2, 0.25) is 11.8 Å². The van der Waals surface area contributed by atoms with Gasteiger partial charge in [-0.15, -0.1) is 0 Å². The number of nitrogens with one attached hydrogen (secondary N) is 1. The molecule has 1 unspecified atom stereocenters. The van der Waals surface area contributed by atoms with Crippen LogP contribution in [0, 0.1) is 12.8 Å². The summed E-state index contributed by atoms with van der Waals surface area (Å²) in [7, 11) is 1.63. The van der Waals surface area contributed by atoms with Gasteiger partial charge in [0, 0.05) is 35.7 Å². The molecule has 0 aliphatic carbocycles. The second kappa shape index (κ2) is 8.35. The minimum atomic E-state index is -0.411. The van der Waals surface area contributed by atoms with Crippen molar-refractivity contribution < 1.29 is 14.3 Å². The molecule has 0 radical (unpaired) electrons. The average molecular weight is 449 g/mol. The Hall–Kier alpha value is -3.26. The van der Waals surface area contributed by atoms with Crippen molar-refractivity contribution in [3.05, 3.63) is 65.4 Å². The van der Waals surface area contributed by atoms with E-state index in [1.54, 1.807) is 28.5 Å². The summed E-state index contributed by atoms with van der Waals surface area (Å²) in [6, 6.07) is 15.3. The van der Waals surface area contributed by atoms with Crippen LogP contribution in [0.2, 0.25) is 0 Å². The van der Waals surface area contributed by atoms with Crippen LogP contribution >= 0.6 is 11.8 Å². The number of nitrogens with zero attached hydrogens (tertiary/aromatic N) is 3. The number of benzene rings is 2. The zero-order chi connectivity index (χ0) is 22.2. The third kappa shape index (κ3) is 3.64. The second-order valence-electron chi connectivity index (χ2n) is 8.06. The maximum atomic E-state index is 13.2. The summed E-state index contributed by atoms with van der Waals surface area (Å²) in [4.78, 5) is 27.7. The normalized spacial score (nSPS) is 17.5. The lowest BCUT2D eigenvalue weighted by molar-refractivity contribution is -0.122. The summed E-state index contributed by atoms with van der Waals surface area (Å²) in [5.41, 5.74) is 4.79. The van der Waals surface area contributed by atoms with Crippen LogP contribution in [0.15, 0.2) is 48.5 Å². The van der Waals surface area contributed by atoms with Gasteiger partial charge in [-0.05, 0) is 42.8 Å². The van der Waals surface area contributed by atoms with Crippen molar-refractivity contribution in [2.45, 2.75) is 24.9 Å². The molecule has 1 atom stereocenters. The SMILES string of the molecule is COc1ccc(-n2nc3c(c2NC(=O)C2CC(=O)N(c4ccccc4C)C2)CSC3)cc1. The van der Waals surface area contributed by atoms with E-state index < -0.39 is 5.92 Å². The Morgan fingerprint density at radius 1 is 1.16 bits per heavy atom. The third-order valence-electron chi connectivity index (χ3n) is 6.01. The summed E-state index contributed by atoms with van der Waals surface area (Å²) in [5.74, 6) is 2.50. The summed E-state index contributed by atoms with van der Waals surface area (Å²) < 4.78 is 7.04. The molecule has 1 fully saturated rings. The number of aromatic nitrogens is 2. The Labute approximate surface area is 190 Å². The molecule has 2 aliphatic heterocycles. The highest BCUT2D eigenvalue weighted by Gasteiger charge is 2.36. The molecule has 2 aromatic carbocycles. The van der Waals surface area contributed by atoms with Gasteiger partial charge in [-0.2, -0.15) is 16.9 Å². The van der Waals surface area contributed by atoms with E-state index in [-0.39, 0.29) is 18.2 Å². The smallest absolute Gasteiger partial charge is 0.230 e. The van der Waals surface area contributed by atoms with Crippen LogP contribution in [0.4, 0.5) is 11.5 Å². The summed E-state index contributed by atoms with van der Waals surface area (Å²) in [5, 5.41) is 7.85. The van der Waals surface area contributed by atoms with Gasteiger partial charge in [0.25, 0.3) is 0 Å². The minimum absolute atomic E-state index is 0.0242. The van der Waals surface area contributed by atoms with Gasteiger partial charge in [-0.3, -0.25) is 9.59 Å². The number of para-hydroxylation sites is 1. The molecule has 2 amide bonds. The zero-order valence-corrected chi connectivity index (χ0v) is 18.8. The molecule has 3 heterocycles. The predicted octanol–water partition coefficient (Wildman–Crippen LogP) is 3.93. The Bertz CT molecular complexity index is 1190. The molecule has 1 saturated heterocycles. The van der Waals surface area contributed by atoms with E-state index in [0.29, 0.717) is 12.4 Å². The van der Waals surface area contributed by atoms with Crippen molar-refractivity contribution in [3.8, 4) is 11.4 Å². The van der Waals surface area contributed by atoms with Crippen molar-refractivity contribution >= 4 is 35.1 Å². The minimum Gasteiger partial charge on any atom is -0.497 e. The lowest BCUT2D eigenvalue weighted by atomic mass is 10.1. The van der Waals surface area contributed by atoms with Gasteiger partial charge in [-0.1, -0.05) is 18.2 Å². The average Bonchev–Trinajstić information content (AvgIpc) is 3.50. The second-order valence-corrected chi connectivity index (χ2v) is 9.04. The fourth-order valence-electron chi connectivity index (χ4n) is 4.25. The number of rotatable bonds is 5. The van der Waals surface area contributed by atoms with E-state index in [4.69, 9.17) is 9.84 Å². The molecular formula is C24H24N4O3S. The lowest BCUT2D eigenvalue weighted by Crippen LogP contribution is -2.29. The highest BCUT2D eigenvalue weighted by Crippen LogP contribution is 2.37. The van der Waals surface area contributed by atoms with Crippen molar-refractivity contribution in [1.29, 1.82) is 0 Å². The molecule has 164 valence electrons. The predicted molar refractivity (Wildman–Crippen MR) is 125 cm³/mol. The van der Waals surface area contributed by atoms with Gasteiger partial charge in [-0.25, -0.2) is 4.68 Å². The topological polar surface area (TPSA) is 76.5 Å². The first kappa shape index (κ1) is 20.6. The third-order valence-corrected chi connectivity index (χ3v) is 6.98. The van der Waals surface area contributed by atoms with Gasteiger partial charge >= 0.3 is 0 Å². The largest absolute Gasteiger partial charge is 0.497 e. The highest BCUT2D eigenvalue weighted by molar-refractivity contribution is 7.98. The molecule has 1 N–H and O–H groups in total. The quantitative estimate of drug-likeness (QED) is 0.640. The molecule has 3 aromatic rings. The number of aryl methyl sites for hydroxylation is 1. The van der Waals surface area contributed by atoms with Crippen LogP contribution in [0.1, 0.15) is 23.2 Å². The van der Waals surface area contributed by atoms with Gasteiger partial charge in [0.05, 0.1) is 24.4 Å². The van der Waals surface area contributed by atoms with Crippen LogP contribution < -0.4 is 15.0 Å². The Kier molecular flexibility index (Phi) is 5.38. The molecule has 0 spiro atoms. The number of thioether (sulfide) groups is 1. The number of hydrogen-bond acceptors (Lipinski definition) is 5. The van der Waals surface area contributed by atoms with E-state index in [2.05, 4.69) is 5.32 Å². The van der Waals surface area contributed by atoms with E-state index in [0.717, 1.165) is 45.5 Å². The first-order chi connectivity index (χ1) is 15.5. The Morgan fingerprint density at radius 3 is 2.69 bits per heavy atom. The maximum absolute atomic E-state index is 13.2. The number of hydrogen-bond donors (Lipinski definition) is 1. The monoisotopic (exact) mass is 448 g/mol. The van der Waals surface area contributed by atoms with Crippen LogP contribution in [0.5, 0.6) is 5.75 Å². The van der Waals surface area contributed by atoms with Gasteiger partial charge < -0.3 is 15.0 Å². The first-order valence-electron chi connectivity index (χ1n) is 10.5. The molecule has 0 saturated carbocycles. The molecule has 1 aromatic heterocycles. The lowest BCUT2D eigenvalue weighted by Gasteiger charge is -2.19. The molecule has 2 aliphatic rings. The fraction of sp³-hybridized carbons (Fsp3) is 0.292. The number of fused-ring (bicyclic) bond motifs is 1. The van der Waals surface area contributed by atoms with E-state index >= 15 is 0 Å². The van der Waals surface area contributed by atoms with E-state index in [9.17, 15) is 9.59 Å². The van der Waals surface area contributed by atoms with E-state index in [1.807, 2.05) is 55.5 Å². The summed E-state index contributed by atoms with van der Waals surface area (Å²) in [6.07, 6.45) is 0.202. The van der Waals surface area contributed by atoms with Crippen LogP contribution in [-0.4, -0.2) is 35.2 Å². The number of amides is 2. The fourth-order valence-corrected chi connectivity index (χ4v) is 5.29. The molecule has 8 heteroatoms. The number of carbonyl (C=O) groups excluding carboxylic acids is 2. The van der Waals surface area contributed by atoms with Crippen molar-refractivity contribution in [2.75, 3.05) is 23.9 Å². The summed E-state index contributed by atoms with van der Waals surface area (Å²) in [6.45, 7) is 2.35. The van der Waals surface area contributed by atoms with E-state index in [1.165, 1.54) is 0 Å². The number of methoxy groups -OCH3 is 1. The molecule has 32 heavy (non-hydrogen) atoms. The van der Waals surface area contributed by atoms with Crippen molar-refractivity contribution in [3.63, 3.8) is 0 Å². The Balaban J connectivity index is 1.40. The van der Waals surface area contributed by atoms with Crippen LogP contribution in [0.3, 0.4) is 0 Å². The van der Waals surface area contributed by atoms with Crippen LogP contribution in [0.25, 0.3) is 5.69 Å². The molecule has 5 rings (SSSR count). The highest BCUT2D eigenvalue weighted by atomic mass is 32.2. The Morgan fingerprint density at radius 2 is 1.94 bits per heavy atom. The molecule has 0 bridgehead atoms. The van der Waals surface area contributed by atoms with Gasteiger partial charge in [0.15, 0.2) is 0 Å². The number of carbonyl (C=O) groups is 2. The molecular weight excluding hydrogens is 424 g/mol. The van der Waals surface area contributed by atoms with Crippen LogP contribution in [-0.2, 0) is 21.1 Å². The molecule has 7 nitrogen and oxygen atoms in total. The van der Waals surface area contributed by atoms with Gasteiger partial charge in [0.1, 0.15) is 11.6 Å².